The third-order valence-corrected chi connectivity index (χ3v) is 3.86. The third-order valence-electron chi connectivity index (χ3n) is 1.76. The lowest BCUT2D eigenvalue weighted by Gasteiger charge is -2.05. The topological polar surface area (TPSA) is 46.2 Å². The van der Waals surface area contributed by atoms with Gasteiger partial charge in [0.2, 0.25) is 10.0 Å². The number of hydrogen-bond acceptors (Lipinski definition) is 2. The molecule has 1 aromatic rings. The molecule has 0 spiro atoms. The van der Waals surface area contributed by atoms with Gasteiger partial charge in [-0.2, -0.15) is 0 Å². The molecule has 0 atom stereocenters. The van der Waals surface area contributed by atoms with E-state index in [9.17, 15) is 12.8 Å². The van der Waals surface area contributed by atoms with Crippen LogP contribution in [-0.4, -0.2) is 15.0 Å². The van der Waals surface area contributed by atoms with E-state index in [1.807, 2.05) is 0 Å². The lowest BCUT2D eigenvalue weighted by atomic mass is 10.3. The highest BCUT2D eigenvalue weighted by molar-refractivity contribution is 9.10. The molecular weight excluding hydrogens is 297 g/mol. The van der Waals surface area contributed by atoms with E-state index in [4.69, 9.17) is 6.42 Å². The number of sulfonamides is 1. The molecule has 0 unspecified atom stereocenters. The minimum atomic E-state index is -3.68. The Hall–Kier alpha value is -0.900. The molecule has 1 rings (SSSR count). The standard InChI is InChI=1S/C10H9BrFNO2S/c1-2-3-6-13-16(14,15)8-4-5-9(11)10(12)7-8/h1,4-5,7,13H,3,6H2. The monoisotopic (exact) mass is 305 g/mol. The van der Waals surface area contributed by atoms with Gasteiger partial charge in [-0.25, -0.2) is 17.5 Å². The lowest BCUT2D eigenvalue weighted by Crippen LogP contribution is -2.24. The van der Waals surface area contributed by atoms with Crippen molar-refractivity contribution in [3.8, 4) is 12.3 Å². The molecule has 0 radical (unpaired) electrons. The van der Waals surface area contributed by atoms with Crippen molar-refractivity contribution in [2.75, 3.05) is 6.54 Å². The molecule has 1 N–H and O–H groups in total. The number of rotatable bonds is 4. The summed E-state index contributed by atoms with van der Waals surface area (Å²) in [5.74, 6) is 1.68. The van der Waals surface area contributed by atoms with Crippen LogP contribution in [0.3, 0.4) is 0 Å². The zero-order valence-corrected chi connectivity index (χ0v) is 10.6. The van der Waals surface area contributed by atoms with Crippen LogP contribution in [0.5, 0.6) is 0 Å². The van der Waals surface area contributed by atoms with Crippen molar-refractivity contribution in [2.45, 2.75) is 11.3 Å². The maximum Gasteiger partial charge on any atom is 0.240 e. The molecule has 0 amide bonds. The van der Waals surface area contributed by atoms with Crippen molar-refractivity contribution in [3.63, 3.8) is 0 Å². The molecule has 0 fully saturated rings. The second-order valence-electron chi connectivity index (χ2n) is 2.93. The first kappa shape index (κ1) is 13.2. The Morgan fingerprint density at radius 3 is 2.75 bits per heavy atom. The zero-order valence-electron chi connectivity index (χ0n) is 8.20. The molecule has 86 valence electrons. The average molecular weight is 306 g/mol. The fourth-order valence-corrected chi connectivity index (χ4v) is 2.27. The molecule has 0 aromatic heterocycles. The zero-order chi connectivity index (χ0) is 12.2. The van der Waals surface area contributed by atoms with Gasteiger partial charge in [0, 0.05) is 13.0 Å². The largest absolute Gasteiger partial charge is 0.240 e. The molecule has 0 saturated carbocycles. The molecule has 0 saturated heterocycles. The van der Waals surface area contributed by atoms with Gasteiger partial charge in [0.25, 0.3) is 0 Å². The summed E-state index contributed by atoms with van der Waals surface area (Å²) in [6, 6.07) is 3.60. The van der Waals surface area contributed by atoms with Gasteiger partial charge < -0.3 is 0 Å². The van der Waals surface area contributed by atoms with Gasteiger partial charge in [-0.15, -0.1) is 12.3 Å². The second-order valence-corrected chi connectivity index (χ2v) is 5.55. The van der Waals surface area contributed by atoms with E-state index >= 15 is 0 Å². The molecule has 0 aliphatic carbocycles. The van der Waals surface area contributed by atoms with Crippen LogP contribution in [0.2, 0.25) is 0 Å². The van der Waals surface area contributed by atoms with Gasteiger partial charge >= 0.3 is 0 Å². The first-order valence-electron chi connectivity index (χ1n) is 4.35. The molecule has 1 aromatic carbocycles. The van der Waals surface area contributed by atoms with Crippen LogP contribution in [-0.2, 0) is 10.0 Å². The summed E-state index contributed by atoms with van der Waals surface area (Å²) >= 11 is 2.94. The minimum Gasteiger partial charge on any atom is -0.210 e. The van der Waals surface area contributed by atoms with Gasteiger partial charge in [-0.05, 0) is 34.1 Å². The number of terminal acetylenes is 1. The van der Waals surface area contributed by atoms with Crippen molar-refractivity contribution in [1.29, 1.82) is 0 Å². The number of nitrogens with one attached hydrogen (secondary N) is 1. The predicted molar refractivity (Wildman–Crippen MR) is 62.7 cm³/mol. The SMILES string of the molecule is C#CCCNS(=O)(=O)c1ccc(Br)c(F)c1. The third kappa shape index (κ3) is 3.30. The van der Waals surface area contributed by atoms with Crippen molar-refractivity contribution in [3.05, 3.63) is 28.5 Å². The summed E-state index contributed by atoms with van der Waals surface area (Å²) < 4.78 is 38.8. The van der Waals surface area contributed by atoms with E-state index in [1.54, 1.807) is 0 Å². The van der Waals surface area contributed by atoms with E-state index in [2.05, 4.69) is 26.6 Å². The van der Waals surface area contributed by atoms with Crippen LogP contribution in [0.4, 0.5) is 4.39 Å². The Bertz CT molecular complexity index is 522. The van der Waals surface area contributed by atoms with Crippen LogP contribution in [0.25, 0.3) is 0 Å². The van der Waals surface area contributed by atoms with Crippen molar-refractivity contribution < 1.29 is 12.8 Å². The van der Waals surface area contributed by atoms with E-state index < -0.39 is 15.8 Å². The van der Waals surface area contributed by atoms with Crippen LogP contribution < -0.4 is 4.72 Å². The van der Waals surface area contributed by atoms with E-state index in [0.29, 0.717) is 0 Å². The van der Waals surface area contributed by atoms with Gasteiger partial charge in [-0.3, -0.25) is 0 Å². The smallest absolute Gasteiger partial charge is 0.210 e. The molecule has 0 heterocycles. The molecule has 6 heteroatoms. The highest BCUT2D eigenvalue weighted by atomic mass is 79.9. The van der Waals surface area contributed by atoms with Crippen LogP contribution >= 0.6 is 15.9 Å². The quantitative estimate of drug-likeness (QED) is 0.682. The molecule has 0 aliphatic rings. The maximum absolute atomic E-state index is 13.1. The van der Waals surface area contributed by atoms with Gasteiger partial charge in [0.15, 0.2) is 0 Å². The van der Waals surface area contributed by atoms with Gasteiger partial charge in [0.05, 0.1) is 9.37 Å². The molecule has 3 nitrogen and oxygen atoms in total. The first-order chi connectivity index (χ1) is 7.47. The van der Waals surface area contributed by atoms with E-state index in [0.717, 1.165) is 6.07 Å². The van der Waals surface area contributed by atoms with Crippen LogP contribution in [0.1, 0.15) is 6.42 Å². The number of hydrogen-bond donors (Lipinski definition) is 1. The Labute approximate surface area is 102 Å². The van der Waals surface area contributed by atoms with Gasteiger partial charge in [0.1, 0.15) is 5.82 Å². The van der Waals surface area contributed by atoms with Gasteiger partial charge in [-0.1, -0.05) is 0 Å². The molecular formula is C10H9BrFNO2S. The summed E-state index contributed by atoms with van der Waals surface area (Å²) in [7, 11) is -3.68. The van der Waals surface area contributed by atoms with Crippen molar-refractivity contribution in [2.24, 2.45) is 0 Å². The van der Waals surface area contributed by atoms with E-state index in [1.165, 1.54) is 12.1 Å². The highest BCUT2D eigenvalue weighted by Gasteiger charge is 2.14. The summed E-state index contributed by atoms with van der Waals surface area (Å²) in [5.41, 5.74) is 0. The Kier molecular flexibility index (Phi) is 4.47. The summed E-state index contributed by atoms with van der Waals surface area (Å²) in [4.78, 5) is -0.120. The molecule has 0 aliphatic heterocycles. The average Bonchev–Trinajstić information content (AvgIpc) is 2.22. The Morgan fingerprint density at radius 2 is 2.19 bits per heavy atom. The summed E-state index contributed by atoms with van der Waals surface area (Å²) in [5, 5.41) is 0. The second kappa shape index (κ2) is 5.43. The van der Waals surface area contributed by atoms with Crippen LogP contribution in [0, 0.1) is 18.2 Å². The predicted octanol–water partition coefficient (Wildman–Crippen LogP) is 1.89. The summed E-state index contributed by atoms with van der Waals surface area (Å²) in [6.45, 7) is 0.135. The first-order valence-corrected chi connectivity index (χ1v) is 6.63. The number of halogens is 2. The molecule has 16 heavy (non-hydrogen) atoms. The van der Waals surface area contributed by atoms with E-state index in [-0.39, 0.29) is 22.3 Å². The fourth-order valence-electron chi connectivity index (χ4n) is 0.985. The summed E-state index contributed by atoms with van der Waals surface area (Å²) in [6.07, 6.45) is 5.28. The maximum atomic E-state index is 13.1. The minimum absolute atomic E-state index is 0.120. The van der Waals surface area contributed by atoms with Crippen LogP contribution in [0.15, 0.2) is 27.6 Å². The Morgan fingerprint density at radius 1 is 1.50 bits per heavy atom. The lowest BCUT2D eigenvalue weighted by molar-refractivity contribution is 0.577. The van der Waals surface area contributed by atoms with Crippen molar-refractivity contribution in [1.82, 2.24) is 4.72 Å². The fraction of sp³-hybridized carbons (Fsp3) is 0.200. The molecule has 0 bridgehead atoms. The highest BCUT2D eigenvalue weighted by Crippen LogP contribution is 2.19. The normalized spacial score (nSPS) is 11.1. The number of benzene rings is 1. The van der Waals surface area contributed by atoms with Crippen molar-refractivity contribution >= 4 is 26.0 Å². The Balaban J connectivity index is 2.91.